The van der Waals surface area contributed by atoms with Crippen LogP contribution in [0.15, 0.2) is 12.1 Å². The number of esters is 1. The molecule has 0 radical (unpaired) electrons. The van der Waals surface area contributed by atoms with Gasteiger partial charge in [0.1, 0.15) is 5.75 Å². The zero-order valence-electron chi connectivity index (χ0n) is 12.3. The van der Waals surface area contributed by atoms with Gasteiger partial charge in [-0.05, 0) is 25.3 Å². The molecule has 1 aliphatic rings. The average molecular weight is 381 g/mol. The van der Waals surface area contributed by atoms with Crippen LogP contribution >= 0.6 is 34.8 Å². The van der Waals surface area contributed by atoms with Crippen molar-refractivity contribution in [2.45, 2.75) is 19.3 Å². The Kier molecular flexibility index (Phi) is 6.81. The molecule has 0 N–H and O–H groups in total. The van der Waals surface area contributed by atoms with Crippen molar-refractivity contribution >= 4 is 46.7 Å². The van der Waals surface area contributed by atoms with Crippen molar-refractivity contribution < 1.29 is 19.1 Å². The van der Waals surface area contributed by atoms with E-state index >= 15 is 0 Å². The van der Waals surface area contributed by atoms with Crippen molar-refractivity contribution in [3.8, 4) is 5.75 Å². The van der Waals surface area contributed by atoms with Gasteiger partial charge in [0.15, 0.2) is 13.2 Å². The molecule has 1 aromatic carbocycles. The molecule has 1 amide bonds. The number of likely N-dealkylation sites (tertiary alicyclic amines) is 1. The average Bonchev–Trinajstić information content (AvgIpc) is 2.55. The number of benzene rings is 1. The van der Waals surface area contributed by atoms with E-state index in [0.29, 0.717) is 18.1 Å². The standard InChI is InChI=1S/C15H16Cl3NO4/c16-10-6-12(18)13(7-11(10)17)22-9-15(21)23-8-14(20)19-4-2-1-3-5-19/h6-7H,1-5,8-9H2. The van der Waals surface area contributed by atoms with Crippen LogP contribution in [-0.4, -0.2) is 43.1 Å². The molecule has 1 aromatic rings. The van der Waals surface area contributed by atoms with E-state index in [4.69, 9.17) is 44.3 Å². The molecule has 23 heavy (non-hydrogen) atoms. The molecule has 1 fully saturated rings. The predicted octanol–water partition coefficient (Wildman–Crippen LogP) is 3.58. The van der Waals surface area contributed by atoms with E-state index in [1.165, 1.54) is 12.1 Å². The Labute approximate surface area is 149 Å². The second-order valence-electron chi connectivity index (χ2n) is 5.09. The Balaban J connectivity index is 1.77. The van der Waals surface area contributed by atoms with E-state index in [2.05, 4.69) is 0 Å². The van der Waals surface area contributed by atoms with Gasteiger partial charge in [-0.2, -0.15) is 0 Å². The smallest absolute Gasteiger partial charge is 0.344 e. The molecular weight excluding hydrogens is 365 g/mol. The number of carbonyl (C=O) groups is 2. The summed E-state index contributed by atoms with van der Waals surface area (Å²) in [5.41, 5.74) is 0. The Morgan fingerprint density at radius 3 is 2.30 bits per heavy atom. The van der Waals surface area contributed by atoms with Gasteiger partial charge in [0.05, 0.1) is 15.1 Å². The van der Waals surface area contributed by atoms with E-state index in [1.54, 1.807) is 4.90 Å². The highest BCUT2D eigenvalue weighted by molar-refractivity contribution is 6.43. The van der Waals surface area contributed by atoms with Crippen molar-refractivity contribution in [3.05, 3.63) is 27.2 Å². The molecule has 1 heterocycles. The lowest BCUT2D eigenvalue weighted by atomic mass is 10.1. The minimum Gasteiger partial charge on any atom is -0.480 e. The first-order chi connectivity index (χ1) is 11.0. The summed E-state index contributed by atoms with van der Waals surface area (Å²) in [4.78, 5) is 25.2. The van der Waals surface area contributed by atoms with E-state index in [-0.39, 0.29) is 34.9 Å². The molecule has 0 bridgehead atoms. The third-order valence-electron chi connectivity index (χ3n) is 3.39. The number of piperidine rings is 1. The fourth-order valence-corrected chi connectivity index (χ4v) is 2.76. The number of carbonyl (C=O) groups excluding carboxylic acids is 2. The zero-order valence-corrected chi connectivity index (χ0v) is 14.6. The van der Waals surface area contributed by atoms with E-state index in [9.17, 15) is 9.59 Å². The second kappa shape index (κ2) is 8.62. The molecule has 8 heteroatoms. The Hall–Kier alpha value is -1.17. The number of hydrogen-bond donors (Lipinski definition) is 0. The van der Waals surface area contributed by atoms with Gasteiger partial charge < -0.3 is 14.4 Å². The lowest BCUT2D eigenvalue weighted by molar-refractivity contribution is -0.154. The normalized spacial score (nSPS) is 14.5. The van der Waals surface area contributed by atoms with E-state index in [1.807, 2.05) is 0 Å². The lowest BCUT2D eigenvalue weighted by Crippen LogP contribution is -2.38. The first-order valence-corrected chi connectivity index (χ1v) is 8.31. The summed E-state index contributed by atoms with van der Waals surface area (Å²) in [5.74, 6) is -0.622. The molecule has 126 valence electrons. The first kappa shape index (κ1) is 18.2. The van der Waals surface area contributed by atoms with Gasteiger partial charge in [0.2, 0.25) is 0 Å². The van der Waals surface area contributed by atoms with Crippen LogP contribution in [0.3, 0.4) is 0 Å². The van der Waals surface area contributed by atoms with Crippen molar-refractivity contribution in [3.63, 3.8) is 0 Å². The maximum absolute atomic E-state index is 11.9. The van der Waals surface area contributed by atoms with Crippen molar-refractivity contribution in [1.29, 1.82) is 0 Å². The molecule has 0 atom stereocenters. The highest BCUT2D eigenvalue weighted by atomic mass is 35.5. The second-order valence-corrected chi connectivity index (χ2v) is 6.31. The number of nitrogens with zero attached hydrogens (tertiary/aromatic N) is 1. The highest BCUT2D eigenvalue weighted by Crippen LogP contribution is 2.33. The minimum absolute atomic E-state index is 0.189. The largest absolute Gasteiger partial charge is 0.480 e. The Bertz CT molecular complexity index is 588. The molecule has 5 nitrogen and oxygen atoms in total. The Morgan fingerprint density at radius 2 is 1.61 bits per heavy atom. The van der Waals surface area contributed by atoms with Gasteiger partial charge in [-0.15, -0.1) is 0 Å². The van der Waals surface area contributed by atoms with Crippen LogP contribution in [0.1, 0.15) is 19.3 Å². The molecule has 0 unspecified atom stereocenters. The fourth-order valence-electron chi connectivity index (χ4n) is 2.17. The molecule has 0 spiro atoms. The number of halogens is 3. The zero-order chi connectivity index (χ0) is 16.8. The third-order valence-corrected chi connectivity index (χ3v) is 4.40. The van der Waals surface area contributed by atoms with Crippen LogP contribution in [0.4, 0.5) is 0 Å². The summed E-state index contributed by atoms with van der Waals surface area (Å²) >= 11 is 17.6. The summed E-state index contributed by atoms with van der Waals surface area (Å²) < 4.78 is 10.2. The summed E-state index contributed by atoms with van der Waals surface area (Å²) in [6, 6.07) is 2.84. The number of ether oxygens (including phenoxy) is 2. The molecule has 1 aliphatic heterocycles. The van der Waals surface area contributed by atoms with Gasteiger partial charge >= 0.3 is 5.97 Å². The number of hydrogen-bond acceptors (Lipinski definition) is 4. The van der Waals surface area contributed by atoms with Crippen LogP contribution in [0.2, 0.25) is 15.1 Å². The molecular formula is C15H16Cl3NO4. The van der Waals surface area contributed by atoms with Gasteiger partial charge in [0, 0.05) is 19.2 Å². The molecule has 1 saturated heterocycles. The van der Waals surface area contributed by atoms with Gasteiger partial charge in [-0.1, -0.05) is 34.8 Å². The molecule has 0 aromatic heterocycles. The van der Waals surface area contributed by atoms with E-state index < -0.39 is 5.97 Å². The maximum Gasteiger partial charge on any atom is 0.344 e. The lowest BCUT2D eigenvalue weighted by Gasteiger charge is -2.26. The molecule has 0 aliphatic carbocycles. The van der Waals surface area contributed by atoms with E-state index in [0.717, 1.165) is 19.3 Å². The van der Waals surface area contributed by atoms with Gasteiger partial charge in [-0.3, -0.25) is 4.79 Å². The van der Waals surface area contributed by atoms with Crippen LogP contribution in [0, 0.1) is 0 Å². The third kappa shape index (κ3) is 5.44. The minimum atomic E-state index is -0.655. The maximum atomic E-state index is 11.9. The summed E-state index contributed by atoms with van der Waals surface area (Å²) in [7, 11) is 0. The monoisotopic (exact) mass is 379 g/mol. The van der Waals surface area contributed by atoms with Crippen LogP contribution < -0.4 is 4.74 Å². The van der Waals surface area contributed by atoms with Crippen molar-refractivity contribution in [2.24, 2.45) is 0 Å². The van der Waals surface area contributed by atoms with Crippen LogP contribution in [-0.2, 0) is 14.3 Å². The van der Waals surface area contributed by atoms with Crippen molar-refractivity contribution in [1.82, 2.24) is 4.90 Å². The summed E-state index contributed by atoms with van der Waals surface area (Å²) in [6.45, 7) is 0.778. The van der Waals surface area contributed by atoms with Crippen LogP contribution in [0.25, 0.3) is 0 Å². The fraction of sp³-hybridized carbons (Fsp3) is 0.467. The van der Waals surface area contributed by atoms with Gasteiger partial charge in [0.25, 0.3) is 5.91 Å². The molecule has 2 rings (SSSR count). The highest BCUT2D eigenvalue weighted by Gasteiger charge is 2.18. The number of rotatable bonds is 5. The Morgan fingerprint density at radius 1 is 0.957 bits per heavy atom. The number of amides is 1. The topological polar surface area (TPSA) is 55.8 Å². The molecule has 0 saturated carbocycles. The predicted molar refractivity (Wildman–Crippen MR) is 88.4 cm³/mol. The quantitative estimate of drug-likeness (QED) is 0.579. The van der Waals surface area contributed by atoms with Crippen LogP contribution in [0.5, 0.6) is 5.75 Å². The summed E-state index contributed by atoms with van der Waals surface area (Å²) in [6.07, 6.45) is 3.10. The first-order valence-electron chi connectivity index (χ1n) is 7.18. The SMILES string of the molecule is O=C(COc1cc(Cl)c(Cl)cc1Cl)OCC(=O)N1CCCCC1. The van der Waals surface area contributed by atoms with Gasteiger partial charge in [-0.25, -0.2) is 4.79 Å². The summed E-state index contributed by atoms with van der Waals surface area (Å²) in [5, 5.41) is 0.787. The van der Waals surface area contributed by atoms with Crippen molar-refractivity contribution in [2.75, 3.05) is 26.3 Å².